The Bertz CT molecular complexity index is 309. The molecular formula is C10H18N2O. The molecule has 1 rings (SSSR count). The Morgan fingerprint density at radius 1 is 1.54 bits per heavy atom. The molecule has 0 aliphatic heterocycles. The lowest BCUT2D eigenvalue weighted by molar-refractivity contribution is 0.562. The van der Waals surface area contributed by atoms with Crippen molar-refractivity contribution < 1.29 is 0 Å². The SMILES string of the molecule is CCCn1[nH]c(CC(C)C)cc1=O. The number of aryl methyl sites for hydroxylation is 1. The van der Waals surface area contributed by atoms with Crippen molar-refractivity contribution in [1.29, 1.82) is 0 Å². The molecule has 0 unspecified atom stereocenters. The van der Waals surface area contributed by atoms with Gasteiger partial charge in [0, 0.05) is 18.3 Å². The van der Waals surface area contributed by atoms with Crippen LogP contribution in [0.25, 0.3) is 0 Å². The zero-order valence-corrected chi connectivity index (χ0v) is 8.63. The summed E-state index contributed by atoms with van der Waals surface area (Å²) in [5.74, 6) is 0.591. The van der Waals surface area contributed by atoms with Gasteiger partial charge >= 0.3 is 0 Å². The van der Waals surface area contributed by atoms with Gasteiger partial charge in [0.05, 0.1) is 0 Å². The van der Waals surface area contributed by atoms with Gasteiger partial charge in [-0.2, -0.15) is 0 Å². The second-order valence-electron chi connectivity index (χ2n) is 3.87. The molecule has 1 N–H and O–H groups in total. The number of aromatic amines is 1. The first-order chi connectivity index (χ1) is 6.13. The predicted octanol–water partition coefficient (Wildman–Crippen LogP) is 1.78. The van der Waals surface area contributed by atoms with Crippen molar-refractivity contribution >= 4 is 0 Å². The van der Waals surface area contributed by atoms with E-state index in [0.717, 1.165) is 25.1 Å². The molecule has 0 amide bonds. The molecule has 0 atom stereocenters. The van der Waals surface area contributed by atoms with E-state index in [1.165, 1.54) is 0 Å². The molecule has 1 aromatic heterocycles. The smallest absolute Gasteiger partial charge is 0.266 e. The quantitative estimate of drug-likeness (QED) is 0.757. The maximum Gasteiger partial charge on any atom is 0.266 e. The van der Waals surface area contributed by atoms with Gasteiger partial charge in [-0.25, -0.2) is 0 Å². The lowest BCUT2D eigenvalue weighted by atomic mass is 10.1. The van der Waals surface area contributed by atoms with Gasteiger partial charge in [-0.05, 0) is 18.8 Å². The van der Waals surface area contributed by atoms with Gasteiger partial charge in [-0.3, -0.25) is 14.6 Å². The van der Waals surface area contributed by atoms with Crippen LogP contribution in [0.3, 0.4) is 0 Å². The van der Waals surface area contributed by atoms with E-state index < -0.39 is 0 Å². The highest BCUT2D eigenvalue weighted by molar-refractivity contribution is 5.00. The van der Waals surface area contributed by atoms with Crippen molar-refractivity contribution in [2.75, 3.05) is 0 Å². The predicted molar refractivity (Wildman–Crippen MR) is 53.9 cm³/mol. The van der Waals surface area contributed by atoms with Crippen LogP contribution in [0.4, 0.5) is 0 Å². The van der Waals surface area contributed by atoms with Gasteiger partial charge in [0.1, 0.15) is 0 Å². The van der Waals surface area contributed by atoms with E-state index >= 15 is 0 Å². The molecule has 0 bridgehead atoms. The molecule has 1 heterocycles. The number of nitrogens with one attached hydrogen (secondary N) is 1. The normalized spacial score (nSPS) is 11.1. The number of aromatic nitrogens is 2. The maximum atomic E-state index is 11.3. The van der Waals surface area contributed by atoms with E-state index in [-0.39, 0.29) is 5.56 Å². The highest BCUT2D eigenvalue weighted by atomic mass is 16.1. The monoisotopic (exact) mass is 182 g/mol. The average molecular weight is 182 g/mol. The summed E-state index contributed by atoms with van der Waals surface area (Å²) in [6.45, 7) is 7.15. The van der Waals surface area contributed by atoms with Crippen LogP contribution in [0.1, 0.15) is 32.9 Å². The fourth-order valence-corrected chi connectivity index (χ4v) is 1.42. The van der Waals surface area contributed by atoms with Gasteiger partial charge in [0.15, 0.2) is 0 Å². The van der Waals surface area contributed by atoms with E-state index in [9.17, 15) is 4.79 Å². The van der Waals surface area contributed by atoms with Crippen molar-refractivity contribution in [1.82, 2.24) is 9.78 Å². The third-order valence-corrected chi connectivity index (χ3v) is 1.92. The third kappa shape index (κ3) is 2.76. The minimum absolute atomic E-state index is 0.0949. The number of hydrogen-bond acceptors (Lipinski definition) is 1. The first-order valence-corrected chi connectivity index (χ1v) is 4.92. The van der Waals surface area contributed by atoms with Crippen molar-refractivity contribution in [3.63, 3.8) is 0 Å². The molecule has 74 valence electrons. The first kappa shape index (κ1) is 10.1. The van der Waals surface area contributed by atoms with Crippen molar-refractivity contribution in [2.45, 2.75) is 40.2 Å². The van der Waals surface area contributed by atoms with E-state index in [4.69, 9.17) is 0 Å². The van der Waals surface area contributed by atoms with Gasteiger partial charge < -0.3 is 0 Å². The zero-order valence-electron chi connectivity index (χ0n) is 8.63. The van der Waals surface area contributed by atoms with Gasteiger partial charge in [0.2, 0.25) is 0 Å². The summed E-state index contributed by atoms with van der Waals surface area (Å²) in [7, 11) is 0. The highest BCUT2D eigenvalue weighted by Gasteiger charge is 2.03. The summed E-state index contributed by atoms with van der Waals surface area (Å²) in [4.78, 5) is 11.3. The Morgan fingerprint density at radius 2 is 2.23 bits per heavy atom. The molecule has 0 spiro atoms. The van der Waals surface area contributed by atoms with E-state index in [1.807, 2.05) is 0 Å². The topological polar surface area (TPSA) is 37.8 Å². The molecule has 13 heavy (non-hydrogen) atoms. The van der Waals surface area contributed by atoms with Crippen LogP contribution in [0.2, 0.25) is 0 Å². The van der Waals surface area contributed by atoms with Crippen molar-refractivity contribution in [2.24, 2.45) is 5.92 Å². The van der Waals surface area contributed by atoms with Gasteiger partial charge in [0.25, 0.3) is 5.56 Å². The Kier molecular flexibility index (Phi) is 3.34. The minimum atomic E-state index is 0.0949. The summed E-state index contributed by atoms with van der Waals surface area (Å²) < 4.78 is 1.68. The van der Waals surface area contributed by atoms with E-state index in [1.54, 1.807) is 10.7 Å². The third-order valence-electron chi connectivity index (χ3n) is 1.92. The molecule has 3 nitrogen and oxygen atoms in total. The van der Waals surface area contributed by atoms with Crippen LogP contribution in [-0.2, 0) is 13.0 Å². The number of H-pyrrole nitrogens is 1. The molecule has 0 aliphatic rings. The molecule has 3 heteroatoms. The summed E-state index contributed by atoms with van der Waals surface area (Å²) in [6, 6.07) is 1.70. The van der Waals surface area contributed by atoms with Gasteiger partial charge in [-0.1, -0.05) is 20.8 Å². The largest absolute Gasteiger partial charge is 0.300 e. The summed E-state index contributed by atoms with van der Waals surface area (Å²) in [5, 5.41) is 3.12. The summed E-state index contributed by atoms with van der Waals surface area (Å²) in [6.07, 6.45) is 1.94. The second kappa shape index (κ2) is 4.30. The standard InChI is InChI=1S/C10H18N2O/c1-4-5-12-10(13)7-9(11-12)6-8(2)3/h7-8,11H,4-6H2,1-3H3. The number of nitrogens with zero attached hydrogens (tertiary/aromatic N) is 1. The van der Waals surface area contributed by atoms with Crippen molar-refractivity contribution in [3.8, 4) is 0 Å². The Hall–Kier alpha value is -0.990. The molecule has 0 aliphatic carbocycles. The van der Waals surface area contributed by atoms with Crippen molar-refractivity contribution in [3.05, 3.63) is 22.1 Å². The Labute approximate surface area is 78.8 Å². The fourth-order valence-electron chi connectivity index (χ4n) is 1.42. The zero-order chi connectivity index (χ0) is 9.84. The number of hydrogen-bond donors (Lipinski definition) is 1. The molecule has 1 aromatic rings. The van der Waals surface area contributed by atoms with Crippen LogP contribution in [0, 0.1) is 5.92 Å². The van der Waals surface area contributed by atoms with E-state index in [2.05, 4.69) is 25.9 Å². The lowest BCUT2D eigenvalue weighted by Gasteiger charge is -2.01. The highest BCUT2D eigenvalue weighted by Crippen LogP contribution is 2.02. The van der Waals surface area contributed by atoms with Crippen LogP contribution < -0.4 is 5.56 Å². The Morgan fingerprint density at radius 3 is 2.77 bits per heavy atom. The first-order valence-electron chi connectivity index (χ1n) is 4.92. The van der Waals surface area contributed by atoms with Gasteiger partial charge in [-0.15, -0.1) is 0 Å². The summed E-state index contributed by atoms with van der Waals surface area (Å²) >= 11 is 0. The average Bonchev–Trinajstić information content (AvgIpc) is 2.31. The van der Waals surface area contributed by atoms with Crippen LogP contribution >= 0.6 is 0 Å². The molecule has 0 radical (unpaired) electrons. The minimum Gasteiger partial charge on any atom is -0.300 e. The lowest BCUT2D eigenvalue weighted by Crippen LogP contribution is -2.15. The fraction of sp³-hybridized carbons (Fsp3) is 0.700. The van der Waals surface area contributed by atoms with Crippen LogP contribution in [-0.4, -0.2) is 9.78 Å². The summed E-state index contributed by atoms with van der Waals surface area (Å²) in [5.41, 5.74) is 1.14. The number of rotatable bonds is 4. The van der Waals surface area contributed by atoms with Crippen LogP contribution in [0.5, 0.6) is 0 Å². The maximum absolute atomic E-state index is 11.3. The Balaban J connectivity index is 2.76. The molecule has 0 saturated heterocycles. The molecule has 0 aromatic carbocycles. The molecular weight excluding hydrogens is 164 g/mol. The molecule has 0 fully saturated rings. The van der Waals surface area contributed by atoms with Crippen LogP contribution in [0.15, 0.2) is 10.9 Å². The molecule has 0 saturated carbocycles. The second-order valence-corrected chi connectivity index (χ2v) is 3.87. The van der Waals surface area contributed by atoms with E-state index in [0.29, 0.717) is 5.92 Å².